The first kappa shape index (κ1) is 22.2. The number of nitrogens with one attached hydrogen (secondary N) is 1. The third kappa shape index (κ3) is 5.26. The van der Waals surface area contributed by atoms with E-state index >= 15 is 0 Å². The maximum atomic E-state index is 13.0. The minimum Gasteiger partial charge on any atom is -0.497 e. The van der Waals surface area contributed by atoms with Crippen LogP contribution in [0.2, 0.25) is 0 Å². The highest BCUT2D eigenvalue weighted by Gasteiger charge is 2.23. The summed E-state index contributed by atoms with van der Waals surface area (Å²) in [5.41, 5.74) is 2.98. The molecule has 1 N–H and O–H groups in total. The standard InChI is InChI=1S/C26H27N3O4/c1-32-23-16-20(17-24(18-23)33-2)26(31)29-14-12-28(13-15-29)22-10-8-21(9-11-22)27-25(30)19-6-4-3-5-7-19/h3-11,16-18H,12-15H2,1-2H3,(H,27,30). The van der Waals surface area contributed by atoms with Crippen molar-refractivity contribution in [2.75, 3.05) is 50.6 Å². The molecule has 170 valence electrons. The van der Waals surface area contributed by atoms with Gasteiger partial charge in [0.15, 0.2) is 0 Å². The molecule has 4 rings (SSSR count). The van der Waals surface area contributed by atoms with Gasteiger partial charge in [-0.2, -0.15) is 0 Å². The summed E-state index contributed by atoms with van der Waals surface area (Å²) in [5.74, 6) is 1.02. The molecule has 33 heavy (non-hydrogen) atoms. The van der Waals surface area contributed by atoms with Gasteiger partial charge in [0.1, 0.15) is 11.5 Å². The largest absolute Gasteiger partial charge is 0.497 e. The summed E-state index contributed by atoms with van der Waals surface area (Å²) in [4.78, 5) is 29.4. The Morgan fingerprint density at radius 2 is 1.36 bits per heavy atom. The second kappa shape index (κ2) is 10.1. The first-order valence-electron chi connectivity index (χ1n) is 10.8. The van der Waals surface area contributed by atoms with Crippen LogP contribution in [-0.4, -0.2) is 57.1 Å². The zero-order valence-electron chi connectivity index (χ0n) is 18.8. The number of anilines is 2. The molecule has 0 atom stereocenters. The normalized spacial score (nSPS) is 13.4. The summed E-state index contributed by atoms with van der Waals surface area (Å²) in [6.07, 6.45) is 0. The summed E-state index contributed by atoms with van der Waals surface area (Å²) >= 11 is 0. The Morgan fingerprint density at radius 3 is 1.94 bits per heavy atom. The molecule has 7 heteroatoms. The fourth-order valence-electron chi connectivity index (χ4n) is 3.83. The smallest absolute Gasteiger partial charge is 0.255 e. The van der Waals surface area contributed by atoms with Crippen molar-refractivity contribution in [3.05, 3.63) is 83.9 Å². The van der Waals surface area contributed by atoms with E-state index in [2.05, 4.69) is 10.2 Å². The van der Waals surface area contributed by atoms with Gasteiger partial charge in [-0.25, -0.2) is 0 Å². The molecule has 0 unspecified atom stereocenters. The molecule has 1 saturated heterocycles. The lowest BCUT2D eigenvalue weighted by Crippen LogP contribution is -2.48. The molecule has 1 fully saturated rings. The summed E-state index contributed by atoms with van der Waals surface area (Å²) in [5, 5.41) is 2.92. The van der Waals surface area contributed by atoms with Gasteiger partial charge in [-0.05, 0) is 48.5 Å². The molecule has 0 bridgehead atoms. The molecule has 0 aliphatic carbocycles. The van der Waals surface area contributed by atoms with Gasteiger partial charge in [0, 0.05) is 54.7 Å². The number of piperazine rings is 1. The van der Waals surface area contributed by atoms with Crippen LogP contribution in [0.1, 0.15) is 20.7 Å². The number of benzene rings is 3. The fourth-order valence-corrected chi connectivity index (χ4v) is 3.83. The molecule has 7 nitrogen and oxygen atoms in total. The van der Waals surface area contributed by atoms with E-state index in [0.717, 1.165) is 24.5 Å². The van der Waals surface area contributed by atoms with Crippen molar-refractivity contribution in [2.45, 2.75) is 0 Å². The number of hydrogen-bond acceptors (Lipinski definition) is 5. The number of carbonyl (C=O) groups excluding carboxylic acids is 2. The predicted molar refractivity (Wildman–Crippen MR) is 128 cm³/mol. The second-order valence-electron chi connectivity index (χ2n) is 7.75. The van der Waals surface area contributed by atoms with Gasteiger partial charge in [-0.1, -0.05) is 18.2 Å². The van der Waals surface area contributed by atoms with Crippen molar-refractivity contribution >= 4 is 23.2 Å². The van der Waals surface area contributed by atoms with Crippen molar-refractivity contribution in [3.63, 3.8) is 0 Å². The lowest BCUT2D eigenvalue weighted by Gasteiger charge is -2.36. The summed E-state index contributed by atoms with van der Waals surface area (Å²) in [7, 11) is 3.14. The van der Waals surface area contributed by atoms with Crippen molar-refractivity contribution in [3.8, 4) is 11.5 Å². The minimum atomic E-state index is -0.135. The fraction of sp³-hybridized carbons (Fsp3) is 0.231. The van der Waals surface area contributed by atoms with E-state index in [1.54, 1.807) is 44.6 Å². The Balaban J connectivity index is 1.35. The maximum Gasteiger partial charge on any atom is 0.255 e. The number of methoxy groups -OCH3 is 2. The van der Waals surface area contributed by atoms with Gasteiger partial charge in [0.25, 0.3) is 11.8 Å². The molecular weight excluding hydrogens is 418 g/mol. The molecule has 0 spiro atoms. The zero-order chi connectivity index (χ0) is 23.2. The molecule has 1 aliphatic rings. The Hall–Kier alpha value is -4.00. The highest BCUT2D eigenvalue weighted by atomic mass is 16.5. The average molecular weight is 446 g/mol. The maximum absolute atomic E-state index is 13.0. The zero-order valence-corrected chi connectivity index (χ0v) is 18.8. The van der Waals surface area contributed by atoms with Crippen LogP contribution in [0.25, 0.3) is 0 Å². The summed E-state index contributed by atoms with van der Waals surface area (Å²) in [6.45, 7) is 2.68. The Kier molecular flexibility index (Phi) is 6.78. The lowest BCUT2D eigenvalue weighted by atomic mass is 10.1. The van der Waals surface area contributed by atoms with Crippen molar-refractivity contribution in [1.82, 2.24) is 4.90 Å². The number of amides is 2. The summed E-state index contributed by atoms with van der Waals surface area (Å²) in [6, 6.07) is 22.1. The van der Waals surface area contributed by atoms with Crippen LogP contribution in [0, 0.1) is 0 Å². The van der Waals surface area contributed by atoms with Crippen molar-refractivity contribution in [2.24, 2.45) is 0 Å². The average Bonchev–Trinajstić information content (AvgIpc) is 2.89. The van der Waals surface area contributed by atoms with Crippen LogP contribution in [0.5, 0.6) is 11.5 Å². The second-order valence-corrected chi connectivity index (χ2v) is 7.75. The molecule has 0 aromatic heterocycles. The van der Waals surface area contributed by atoms with Crippen LogP contribution >= 0.6 is 0 Å². The van der Waals surface area contributed by atoms with Crippen LogP contribution in [0.15, 0.2) is 72.8 Å². The number of rotatable bonds is 6. The van der Waals surface area contributed by atoms with E-state index in [9.17, 15) is 9.59 Å². The van der Waals surface area contributed by atoms with E-state index in [1.165, 1.54) is 0 Å². The molecule has 0 saturated carbocycles. The van der Waals surface area contributed by atoms with Gasteiger partial charge >= 0.3 is 0 Å². The van der Waals surface area contributed by atoms with Gasteiger partial charge in [0.2, 0.25) is 0 Å². The van der Waals surface area contributed by atoms with Crippen LogP contribution in [0.3, 0.4) is 0 Å². The monoisotopic (exact) mass is 445 g/mol. The third-order valence-corrected chi connectivity index (χ3v) is 5.69. The molecule has 3 aromatic rings. The van der Waals surface area contributed by atoms with E-state index in [1.807, 2.05) is 47.4 Å². The number of ether oxygens (including phenoxy) is 2. The summed E-state index contributed by atoms with van der Waals surface area (Å²) < 4.78 is 10.6. The van der Waals surface area contributed by atoms with E-state index in [-0.39, 0.29) is 11.8 Å². The van der Waals surface area contributed by atoms with E-state index in [4.69, 9.17) is 9.47 Å². The van der Waals surface area contributed by atoms with Crippen molar-refractivity contribution < 1.29 is 19.1 Å². The molecule has 0 radical (unpaired) electrons. The molecule has 3 aromatic carbocycles. The number of hydrogen-bond donors (Lipinski definition) is 1. The molecule has 2 amide bonds. The van der Waals surface area contributed by atoms with E-state index in [0.29, 0.717) is 35.7 Å². The van der Waals surface area contributed by atoms with E-state index < -0.39 is 0 Å². The Bertz CT molecular complexity index is 1090. The highest BCUT2D eigenvalue weighted by molar-refractivity contribution is 6.04. The molecular formula is C26H27N3O4. The van der Waals surface area contributed by atoms with Crippen LogP contribution in [-0.2, 0) is 0 Å². The minimum absolute atomic E-state index is 0.0363. The lowest BCUT2D eigenvalue weighted by molar-refractivity contribution is 0.0746. The molecule has 1 heterocycles. The van der Waals surface area contributed by atoms with Gasteiger partial charge in [0.05, 0.1) is 14.2 Å². The highest BCUT2D eigenvalue weighted by Crippen LogP contribution is 2.25. The topological polar surface area (TPSA) is 71.1 Å². The first-order chi connectivity index (χ1) is 16.1. The Morgan fingerprint density at radius 1 is 0.758 bits per heavy atom. The SMILES string of the molecule is COc1cc(OC)cc(C(=O)N2CCN(c3ccc(NC(=O)c4ccccc4)cc3)CC2)c1. The van der Waals surface area contributed by atoms with Crippen LogP contribution in [0.4, 0.5) is 11.4 Å². The number of carbonyl (C=O) groups is 2. The predicted octanol–water partition coefficient (Wildman–Crippen LogP) is 3.92. The van der Waals surface area contributed by atoms with Crippen LogP contribution < -0.4 is 19.7 Å². The van der Waals surface area contributed by atoms with Gasteiger partial charge in [-0.3, -0.25) is 9.59 Å². The number of nitrogens with zero attached hydrogens (tertiary/aromatic N) is 2. The van der Waals surface area contributed by atoms with Gasteiger partial charge in [-0.15, -0.1) is 0 Å². The molecule has 1 aliphatic heterocycles. The first-order valence-corrected chi connectivity index (χ1v) is 10.8. The third-order valence-electron chi connectivity index (χ3n) is 5.69. The quantitative estimate of drug-likeness (QED) is 0.623. The van der Waals surface area contributed by atoms with Gasteiger partial charge < -0.3 is 24.6 Å². The Labute approximate surface area is 193 Å². The van der Waals surface area contributed by atoms with Crippen molar-refractivity contribution in [1.29, 1.82) is 0 Å².